The van der Waals surface area contributed by atoms with Crippen molar-refractivity contribution in [3.8, 4) is 0 Å². The Hall–Kier alpha value is -3.50. The molecule has 0 saturated carbocycles. The van der Waals surface area contributed by atoms with E-state index in [4.69, 9.17) is 9.97 Å². The molecule has 0 bridgehead atoms. The van der Waals surface area contributed by atoms with Crippen LogP contribution < -0.4 is 0 Å². The molecule has 7 rings (SSSR count). The lowest BCUT2D eigenvalue weighted by molar-refractivity contribution is 1.31. The van der Waals surface area contributed by atoms with E-state index in [1.165, 1.54) is 25.6 Å². The number of thiophene rings is 1. The highest BCUT2D eigenvalue weighted by Crippen LogP contribution is 2.39. The molecule has 7 aromatic rings. The number of rotatable bonds is 0. The molecule has 0 N–H and O–H groups in total. The molecule has 0 saturated heterocycles. The van der Waals surface area contributed by atoms with Crippen LogP contribution in [0.1, 0.15) is 0 Å². The Morgan fingerprint density at radius 2 is 1.54 bits per heavy atom. The number of benzene rings is 3. The first-order valence-electron chi connectivity index (χ1n) is 9.27. The van der Waals surface area contributed by atoms with Crippen LogP contribution in [-0.2, 0) is 0 Å². The van der Waals surface area contributed by atoms with Crippen molar-refractivity contribution in [2.45, 2.75) is 0 Å². The number of hydrogen-bond donors (Lipinski definition) is 0. The number of para-hydroxylation sites is 2. The molecule has 4 heteroatoms. The average Bonchev–Trinajstić information content (AvgIpc) is 3.31. The van der Waals surface area contributed by atoms with Crippen LogP contribution in [0.25, 0.3) is 58.7 Å². The molecular formula is C24H13N3S. The second kappa shape index (κ2) is 5.06. The summed E-state index contributed by atoms with van der Waals surface area (Å²) in [5.41, 5.74) is 5.28. The lowest BCUT2D eigenvalue weighted by Gasteiger charge is -2.08. The van der Waals surface area contributed by atoms with Gasteiger partial charge >= 0.3 is 0 Å². The summed E-state index contributed by atoms with van der Waals surface area (Å²) in [6.45, 7) is 0. The van der Waals surface area contributed by atoms with E-state index in [1.54, 1.807) is 0 Å². The van der Waals surface area contributed by atoms with Crippen LogP contribution in [-0.4, -0.2) is 14.4 Å². The second-order valence-corrected chi connectivity index (χ2v) is 8.21. The summed E-state index contributed by atoms with van der Waals surface area (Å²) >= 11 is 1.84. The summed E-state index contributed by atoms with van der Waals surface area (Å²) in [5.74, 6) is 0. The fourth-order valence-electron chi connectivity index (χ4n) is 4.39. The number of imidazole rings is 1. The molecule has 28 heavy (non-hydrogen) atoms. The van der Waals surface area contributed by atoms with Gasteiger partial charge in [0.15, 0.2) is 0 Å². The summed E-state index contributed by atoms with van der Waals surface area (Å²) in [7, 11) is 0. The third-order valence-corrected chi connectivity index (χ3v) is 6.73. The Balaban J connectivity index is 1.85. The molecule has 0 radical (unpaired) electrons. The predicted molar refractivity (Wildman–Crippen MR) is 118 cm³/mol. The topological polar surface area (TPSA) is 30.2 Å². The van der Waals surface area contributed by atoms with E-state index < -0.39 is 0 Å². The van der Waals surface area contributed by atoms with Gasteiger partial charge in [0.2, 0.25) is 0 Å². The van der Waals surface area contributed by atoms with Gasteiger partial charge in [0.1, 0.15) is 5.65 Å². The molecule has 0 unspecified atom stereocenters. The maximum absolute atomic E-state index is 4.95. The monoisotopic (exact) mass is 375 g/mol. The quantitative estimate of drug-likeness (QED) is 0.281. The van der Waals surface area contributed by atoms with Crippen molar-refractivity contribution in [2.24, 2.45) is 0 Å². The van der Waals surface area contributed by atoms with Gasteiger partial charge in [0.05, 0.1) is 22.1 Å². The highest BCUT2D eigenvalue weighted by atomic mass is 32.1. The molecule has 0 aliphatic rings. The maximum atomic E-state index is 4.95. The minimum absolute atomic E-state index is 0.968. The molecule has 3 nitrogen and oxygen atoms in total. The van der Waals surface area contributed by atoms with Crippen LogP contribution in [0, 0.1) is 0 Å². The number of fused-ring (bicyclic) bond motifs is 11. The summed E-state index contributed by atoms with van der Waals surface area (Å²) in [4.78, 5) is 9.69. The van der Waals surface area contributed by atoms with Crippen LogP contribution in [0.5, 0.6) is 0 Å². The normalized spacial score (nSPS) is 12.3. The van der Waals surface area contributed by atoms with Gasteiger partial charge in [-0.1, -0.05) is 30.3 Å². The van der Waals surface area contributed by atoms with E-state index in [9.17, 15) is 0 Å². The van der Waals surface area contributed by atoms with Crippen LogP contribution in [0.2, 0.25) is 0 Å². The van der Waals surface area contributed by atoms with Crippen molar-refractivity contribution >= 4 is 70.0 Å². The summed E-state index contributed by atoms with van der Waals surface area (Å²) < 4.78 is 4.90. The van der Waals surface area contributed by atoms with Crippen molar-refractivity contribution in [3.63, 3.8) is 0 Å². The standard InChI is InChI=1S/C24H13N3S/c1-4-10-21-14(6-1)16-12-20-17(13-22(16)28-21)23-15(7-5-11-25-23)24-26-18-8-2-3-9-19(18)27(20)24/h1-13H. The van der Waals surface area contributed by atoms with Crippen molar-refractivity contribution in [2.75, 3.05) is 0 Å². The van der Waals surface area contributed by atoms with E-state index in [0.29, 0.717) is 0 Å². The molecule has 0 aliphatic heterocycles. The van der Waals surface area contributed by atoms with Crippen LogP contribution in [0.15, 0.2) is 79.0 Å². The van der Waals surface area contributed by atoms with Gasteiger partial charge in [-0.25, -0.2) is 4.98 Å². The maximum Gasteiger partial charge on any atom is 0.147 e. The molecule has 0 amide bonds. The lowest BCUT2D eigenvalue weighted by Crippen LogP contribution is -1.92. The zero-order valence-electron chi connectivity index (χ0n) is 14.8. The molecule has 4 aromatic heterocycles. The largest absolute Gasteiger partial charge is 0.292 e. The zero-order chi connectivity index (χ0) is 18.2. The molecule has 0 atom stereocenters. The van der Waals surface area contributed by atoms with Gasteiger partial charge in [-0.05, 0) is 42.5 Å². The average molecular weight is 375 g/mol. The van der Waals surface area contributed by atoms with Gasteiger partial charge in [-0.15, -0.1) is 11.3 Å². The second-order valence-electron chi connectivity index (χ2n) is 7.12. The van der Waals surface area contributed by atoms with Gasteiger partial charge in [0, 0.05) is 37.1 Å². The lowest BCUT2D eigenvalue weighted by atomic mass is 10.1. The Labute approximate surface area is 163 Å². The number of nitrogens with zero attached hydrogens (tertiary/aromatic N) is 3. The third-order valence-electron chi connectivity index (χ3n) is 5.60. The summed E-state index contributed by atoms with van der Waals surface area (Å²) in [6.07, 6.45) is 1.87. The van der Waals surface area contributed by atoms with Crippen LogP contribution in [0.3, 0.4) is 0 Å². The summed E-state index contributed by atoms with van der Waals surface area (Å²) in [5, 5.41) is 4.86. The Kier molecular flexibility index (Phi) is 2.63. The predicted octanol–water partition coefficient (Wildman–Crippen LogP) is 6.56. The van der Waals surface area contributed by atoms with Crippen LogP contribution in [0.4, 0.5) is 0 Å². The van der Waals surface area contributed by atoms with E-state index in [-0.39, 0.29) is 0 Å². The van der Waals surface area contributed by atoms with E-state index in [1.807, 2.05) is 29.7 Å². The first-order valence-corrected chi connectivity index (χ1v) is 10.1. The minimum Gasteiger partial charge on any atom is -0.292 e. The minimum atomic E-state index is 0.968. The van der Waals surface area contributed by atoms with Crippen molar-refractivity contribution < 1.29 is 0 Å². The summed E-state index contributed by atoms with van der Waals surface area (Å²) in [6, 6.07) is 25.7. The van der Waals surface area contributed by atoms with Crippen LogP contribution >= 0.6 is 11.3 Å². The Bertz CT molecular complexity index is 1720. The van der Waals surface area contributed by atoms with Gasteiger partial charge < -0.3 is 0 Å². The first kappa shape index (κ1) is 14.5. The molecule has 0 fully saturated rings. The van der Waals surface area contributed by atoms with Gasteiger partial charge in [-0.3, -0.25) is 9.38 Å². The third kappa shape index (κ3) is 1.73. The van der Waals surface area contributed by atoms with Crippen molar-refractivity contribution in [3.05, 3.63) is 79.0 Å². The molecule has 130 valence electrons. The molecule has 0 spiro atoms. The molecule has 4 heterocycles. The van der Waals surface area contributed by atoms with Crippen molar-refractivity contribution in [1.82, 2.24) is 14.4 Å². The molecule has 0 aliphatic carbocycles. The molecule has 3 aromatic carbocycles. The Morgan fingerprint density at radius 3 is 2.54 bits per heavy atom. The molecular weight excluding hydrogens is 362 g/mol. The smallest absolute Gasteiger partial charge is 0.147 e. The van der Waals surface area contributed by atoms with Crippen molar-refractivity contribution in [1.29, 1.82) is 0 Å². The first-order chi connectivity index (χ1) is 13.9. The number of aromatic nitrogens is 3. The number of pyridine rings is 2. The Morgan fingerprint density at radius 1 is 0.679 bits per heavy atom. The highest BCUT2D eigenvalue weighted by Gasteiger charge is 2.16. The SMILES string of the molecule is c1ccc2c(c1)nc1c3cccnc3c3cc4sc5ccccc5c4cc3n21. The zero-order valence-corrected chi connectivity index (χ0v) is 15.6. The van der Waals surface area contributed by atoms with E-state index in [0.717, 1.165) is 33.1 Å². The highest BCUT2D eigenvalue weighted by molar-refractivity contribution is 7.25. The fourth-order valence-corrected chi connectivity index (χ4v) is 5.51. The van der Waals surface area contributed by atoms with Gasteiger partial charge in [-0.2, -0.15) is 0 Å². The fraction of sp³-hybridized carbons (Fsp3) is 0. The van der Waals surface area contributed by atoms with E-state index in [2.05, 4.69) is 65.1 Å². The van der Waals surface area contributed by atoms with E-state index >= 15 is 0 Å². The number of hydrogen-bond acceptors (Lipinski definition) is 3. The van der Waals surface area contributed by atoms with Gasteiger partial charge in [0.25, 0.3) is 0 Å².